The molecule has 12 aromatic carbocycles. The summed E-state index contributed by atoms with van der Waals surface area (Å²) in [5, 5.41) is 0. The summed E-state index contributed by atoms with van der Waals surface area (Å²) in [4.78, 5) is 5.02. The van der Waals surface area contributed by atoms with Gasteiger partial charge >= 0.3 is 0 Å². The van der Waals surface area contributed by atoms with Gasteiger partial charge in [0.05, 0.1) is 16.5 Å². The molecule has 0 fully saturated rings. The average molecular weight is 1010 g/mol. The van der Waals surface area contributed by atoms with E-state index in [0.29, 0.717) is 0 Å². The van der Waals surface area contributed by atoms with Crippen molar-refractivity contribution in [2.75, 3.05) is 9.80 Å². The Kier molecular flexibility index (Phi) is 9.07. The molecule has 17 rings (SSSR count). The first kappa shape index (κ1) is 44.4. The first-order valence-electron chi connectivity index (χ1n) is 27.8. The van der Waals surface area contributed by atoms with Gasteiger partial charge in [-0.15, -0.1) is 0 Å². The van der Waals surface area contributed by atoms with E-state index in [1.165, 1.54) is 111 Å². The maximum Gasteiger partial charge on any atom is 0.0727 e. The summed E-state index contributed by atoms with van der Waals surface area (Å²) in [6.07, 6.45) is 0. The van der Waals surface area contributed by atoms with Crippen LogP contribution in [0.5, 0.6) is 0 Å². The summed E-state index contributed by atoms with van der Waals surface area (Å²) in [6.45, 7) is 4.80. The summed E-state index contributed by atoms with van der Waals surface area (Å²) < 4.78 is 0. The molecule has 5 aliphatic carbocycles. The highest BCUT2D eigenvalue weighted by atomic mass is 15.2. The van der Waals surface area contributed by atoms with E-state index < -0.39 is 10.8 Å². The van der Waals surface area contributed by atoms with Crippen LogP contribution in [0.4, 0.5) is 34.1 Å². The third-order valence-electron chi connectivity index (χ3n) is 18.7. The molecule has 0 bridgehead atoms. The predicted octanol–water partition coefficient (Wildman–Crippen LogP) is 19.6. The molecule has 0 amide bonds. The molecular formula is C77H52N2. The van der Waals surface area contributed by atoms with Gasteiger partial charge in [-0.3, -0.25) is 0 Å². The smallest absolute Gasteiger partial charge is 0.0727 e. The second-order valence-electron chi connectivity index (χ2n) is 22.6. The Morgan fingerprint density at radius 2 is 0.532 bits per heavy atom. The standard InChI is InChI=1S/C77H52N2/c1-75(2)63-32-15-9-26-54(63)59-43-41-52(46-70(59)75)79(73-39-21-38-69-74(73)62-31-14-20-37-68(62)76(69)64-33-16-10-27-55(64)56-28-11-17-34-65(56)76)53-42-45-61-58-30-13-19-36-67(58)77(72(61)48-53)66-35-18-12-29-57(66)60-44-40-51(47-71(60)77)78(49-22-5-3-6-23-49)50-24-7-4-8-25-50/h3-48H,1-2H3. The highest BCUT2D eigenvalue weighted by Gasteiger charge is 2.54. The fourth-order valence-electron chi connectivity index (χ4n) is 15.6. The van der Waals surface area contributed by atoms with E-state index in [1.54, 1.807) is 0 Å². The molecule has 370 valence electrons. The Morgan fingerprint density at radius 1 is 0.215 bits per heavy atom. The number of fused-ring (bicyclic) bond motifs is 23. The van der Waals surface area contributed by atoms with Crippen LogP contribution in [0.25, 0.3) is 55.6 Å². The van der Waals surface area contributed by atoms with Crippen LogP contribution >= 0.6 is 0 Å². The molecule has 1 unspecified atom stereocenters. The minimum Gasteiger partial charge on any atom is -0.310 e. The van der Waals surface area contributed by atoms with E-state index in [0.717, 1.165) is 34.1 Å². The van der Waals surface area contributed by atoms with Gasteiger partial charge in [0.2, 0.25) is 0 Å². The second-order valence-corrected chi connectivity index (χ2v) is 22.6. The summed E-state index contributed by atoms with van der Waals surface area (Å²) >= 11 is 0. The lowest BCUT2D eigenvalue weighted by Crippen LogP contribution is -2.27. The summed E-state index contributed by atoms with van der Waals surface area (Å²) in [7, 11) is 0. The van der Waals surface area contributed by atoms with Crippen molar-refractivity contribution in [3.8, 4) is 55.6 Å². The molecule has 0 saturated carbocycles. The number of rotatable bonds is 6. The van der Waals surface area contributed by atoms with Crippen molar-refractivity contribution in [2.24, 2.45) is 0 Å². The second kappa shape index (κ2) is 16.1. The van der Waals surface area contributed by atoms with Crippen molar-refractivity contribution in [2.45, 2.75) is 30.1 Å². The molecule has 12 aromatic rings. The summed E-state index contributed by atoms with van der Waals surface area (Å²) in [6, 6.07) is 106. The van der Waals surface area contributed by atoms with E-state index in [1.807, 2.05) is 0 Å². The minimum absolute atomic E-state index is 0.202. The quantitative estimate of drug-likeness (QED) is 0.164. The molecule has 0 aliphatic heterocycles. The number of hydrogen-bond donors (Lipinski definition) is 0. The summed E-state index contributed by atoms with van der Waals surface area (Å²) in [5.74, 6) is 0. The Balaban J connectivity index is 0.947. The topological polar surface area (TPSA) is 6.48 Å². The zero-order valence-corrected chi connectivity index (χ0v) is 44.0. The molecule has 0 N–H and O–H groups in total. The van der Waals surface area contributed by atoms with E-state index in [9.17, 15) is 0 Å². The number of benzene rings is 12. The normalized spacial score (nSPS) is 16.0. The number of nitrogens with zero attached hydrogens (tertiary/aromatic N) is 2. The van der Waals surface area contributed by atoms with Crippen LogP contribution in [-0.4, -0.2) is 0 Å². The Labute approximate surface area is 461 Å². The zero-order chi connectivity index (χ0) is 52.2. The Hall–Kier alpha value is -9.76. The highest BCUT2D eigenvalue weighted by molar-refractivity contribution is 6.03. The Bertz CT molecular complexity index is 4450. The van der Waals surface area contributed by atoms with E-state index in [2.05, 4.69) is 303 Å². The molecule has 0 heterocycles. The van der Waals surface area contributed by atoms with E-state index in [-0.39, 0.29) is 5.41 Å². The lowest BCUT2D eigenvalue weighted by molar-refractivity contribution is 0.660. The molecule has 2 spiro atoms. The predicted molar refractivity (Wildman–Crippen MR) is 326 cm³/mol. The van der Waals surface area contributed by atoms with Crippen molar-refractivity contribution in [3.63, 3.8) is 0 Å². The summed E-state index contributed by atoms with van der Waals surface area (Å²) in [5.41, 5.74) is 31.6. The van der Waals surface area contributed by atoms with E-state index >= 15 is 0 Å². The lowest BCUT2D eigenvalue weighted by atomic mass is 9.70. The SMILES string of the molecule is CC1(C)c2ccccc2-c2ccc(N(c3ccc4c(c3)C3(c5ccccc5-c5ccc(N(c6ccccc6)c6ccccc6)cc53)c3ccccc3-4)c3cccc4c3-c3ccccc3C43c4ccccc4-c4ccccc43)cc21. The minimum atomic E-state index is -0.622. The maximum atomic E-state index is 2.61. The average Bonchev–Trinajstić information content (AvgIpc) is 2.61. The number of hydrogen-bond acceptors (Lipinski definition) is 2. The van der Waals surface area contributed by atoms with Gasteiger partial charge in [0.25, 0.3) is 0 Å². The van der Waals surface area contributed by atoms with Gasteiger partial charge in [0.1, 0.15) is 0 Å². The number of anilines is 6. The molecule has 5 aliphatic rings. The van der Waals surface area contributed by atoms with Crippen molar-refractivity contribution < 1.29 is 0 Å². The highest BCUT2D eigenvalue weighted by Crippen LogP contribution is 2.67. The van der Waals surface area contributed by atoms with Crippen LogP contribution < -0.4 is 9.80 Å². The largest absolute Gasteiger partial charge is 0.310 e. The molecule has 1 atom stereocenters. The van der Waals surface area contributed by atoms with Gasteiger partial charge in [-0.05, 0) is 172 Å². The third kappa shape index (κ3) is 5.70. The molecule has 0 aromatic heterocycles. The molecule has 0 radical (unpaired) electrons. The van der Waals surface area contributed by atoms with Crippen LogP contribution in [0, 0.1) is 0 Å². The van der Waals surface area contributed by atoms with Crippen molar-refractivity contribution >= 4 is 34.1 Å². The molecular weight excluding hydrogens is 953 g/mol. The Morgan fingerprint density at radius 3 is 1.00 bits per heavy atom. The third-order valence-corrected chi connectivity index (χ3v) is 18.7. The van der Waals surface area contributed by atoms with Gasteiger partial charge in [-0.1, -0.05) is 226 Å². The van der Waals surface area contributed by atoms with Gasteiger partial charge in [-0.25, -0.2) is 0 Å². The molecule has 79 heavy (non-hydrogen) atoms. The monoisotopic (exact) mass is 1000 g/mol. The molecule has 2 heteroatoms. The fourth-order valence-corrected chi connectivity index (χ4v) is 15.6. The zero-order valence-electron chi connectivity index (χ0n) is 44.0. The maximum absolute atomic E-state index is 2.61. The van der Waals surface area contributed by atoms with Crippen LogP contribution in [0.1, 0.15) is 69.5 Å². The van der Waals surface area contributed by atoms with Gasteiger partial charge < -0.3 is 9.80 Å². The van der Waals surface area contributed by atoms with Crippen LogP contribution in [-0.2, 0) is 16.2 Å². The van der Waals surface area contributed by atoms with Crippen molar-refractivity contribution in [3.05, 3.63) is 335 Å². The van der Waals surface area contributed by atoms with Gasteiger partial charge in [-0.2, -0.15) is 0 Å². The van der Waals surface area contributed by atoms with Gasteiger partial charge in [0, 0.05) is 39.4 Å². The lowest BCUT2D eigenvalue weighted by Gasteiger charge is -2.34. The van der Waals surface area contributed by atoms with Crippen molar-refractivity contribution in [1.29, 1.82) is 0 Å². The van der Waals surface area contributed by atoms with Crippen LogP contribution in [0.15, 0.2) is 279 Å². The van der Waals surface area contributed by atoms with Crippen LogP contribution in [0.2, 0.25) is 0 Å². The van der Waals surface area contributed by atoms with Crippen LogP contribution in [0.3, 0.4) is 0 Å². The first-order valence-corrected chi connectivity index (χ1v) is 27.8. The van der Waals surface area contributed by atoms with Gasteiger partial charge in [0.15, 0.2) is 0 Å². The molecule has 0 saturated heterocycles. The van der Waals surface area contributed by atoms with E-state index in [4.69, 9.17) is 0 Å². The van der Waals surface area contributed by atoms with Crippen molar-refractivity contribution in [1.82, 2.24) is 0 Å². The fraction of sp³-hybridized carbons (Fsp3) is 0.0649. The first-order chi connectivity index (χ1) is 39.0. The number of para-hydroxylation sites is 2. The molecule has 2 nitrogen and oxygen atoms in total.